The fourth-order valence-electron chi connectivity index (χ4n) is 2.62. The number of hydrogen-bond donors (Lipinski definition) is 1. The van der Waals surface area contributed by atoms with Crippen LogP contribution in [0.1, 0.15) is 49.4 Å². The lowest BCUT2D eigenvalue weighted by atomic mass is 10.1. The van der Waals surface area contributed by atoms with Gasteiger partial charge in [-0.2, -0.15) is 0 Å². The van der Waals surface area contributed by atoms with E-state index in [1.807, 2.05) is 0 Å². The van der Waals surface area contributed by atoms with Gasteiger partial charge >= 0.3 is 11.9 Å². The fourth-order valence-corrected chi connectivity index (χ4v) is 2.62. The maximum atomic E-state index is 13.7. The Balaban J connectivity index is 2.10. The third kappa shape index (κ3) is 4.33. The number of aryl methyl sites for hydroxylation is 1. The van der Waals surface area contributed by atoms with Crippen molar-refractivity contribution in [2.75, 3.05) is 20.3 Å². The van der Waals surface area contributed by atoms with E-state index >= 15 is 0 Å². The zero-order valence-electron chi connectivity index (χ0n) is 15.5. The number of Topliss-reactive ketones (excluding diaryl/α,β-unsaturated/α-hetero) is 1. The topological polar surface area (TPSA) is 94.7 Å². The second-order valence-corrected chi connectivity index (χ2v) is 5.69. The number of rotatable bonds is 7. The Kier molecular flexibility index (Phi) is 6.33. The normalized spacial score (nSPS) is 10.4. The lowest BCUT2D eigenvalue weighted by Gasteiger charge is -2.06. The highest BCUT2D eigenvalue weighted by Gasteiger charge is 2.23. The molecular weight excluding hydrogens is 357 g/mol. The van der Waals surface area contributed by atoms with Crippen LogP contribution < -0.4 is 4.74 Å². The lowest BCUT2D eigenvalue weighted by molar-refractivity contribution is 0.0471. The molecule has 144 valence electrons. The van der Waals surface area contributed by atoms with Crippen LogP contribution in [0.15, 0.2) is 18.2 Å². The van der Waals surface area contributed by atoms with Crippen molar-refractivity contribution in [1.29, 1.82) is 0 Å². The number of benzene rings is 1. The lowest BCUT2D eigenvalue weighted by Crippen LogP contribution is -2.16. The van der Waals surface area contributed by atoms with Crippen LogP contribution in [0.25, 0.3) is 0 Å². The number of carbonyl (C=O) groups excluding carboxylic acids is 3. The first-order valence-corrected chi connectivity index (χ1v) is 8.20. The molecule has 0 atom stereocenters. The first-order chi connectivity index (χ1) is 12.8. The number of esters is 2. The van der Waals surface area contributed by atoms with E-state index in [1.165, 1.54) is 19.2 Å². The average Bonchev–Trinajstić information content (AvgIpc) is 2.93. The van der Waals surface area contributed by atoms with Crippen LogP contribution in [-0.2, 0) is 9.47 Å². The van der Waals surface area contributed by atoms with Gasteiger partial charge in [-0.25, -0.2) is 14.0 Å². The van der Waals surface area contributed by atoms with Gasteiger partial charge < -0.3 is 19.2 Å². The molecule has 0 aliphatic heterocycles. The van der Waals surface area contributed by atoms with Crippen molar-refractivity contribution in [3.05, 3.63) is 52.1 Å². The van der Waals surface area contributed by atoms with Crippen molar-refractivity contribution in [2.24, 2.45) is 0 Å². The summed E-state index contributed by atoms with van der Waals surface area (Å²) >= 11 is 0. The summed E-state index contributed by atoms with van der Waals surface area (Å²) in [5.74, 6) is -2.63. The summed E-state index contributed by atoms with van der Waals surface area (Å²) < 4.78 is 28.4. The molecule has 0 aliphatic carbocycles. The number of hydrogen-bond acceptors (Lipinski definition) is 6. The molecule has 0 saturated heterocycles. The van der Waals surface area contributed by atoms with Gasteiger partial charge in [-0.05, 0) is 44.5 Å². The predicted molar refractivity (Wildman–Crippen MR) is 93.8 cm³/mol. The number of nitrogens with one attached hydrogen (secondary N) is 1. The summed E-state index contributed by atoms with van der Waals surface area (Å²) in [4.78, 5) is 39.2. The van der Waals surface area contributed by atoms with Crippen molar-refractivity contribution in [3.8, 4) is 5.75 Å². The zero-order chi connectivity index (χ0) is 20.1. The van der Waals surface area contributed by atoms with Crippen LogP contribution in [0.3, 0.4) is 0 Å². The van der Waals surface area contributed by atoms with Crippen LogP contribution in [0.5, 0.6) is 5.75 Å². The van der Waals surface area contributed by atoms with Crippen molar-refractivity contribution in [3.63, 3.8) is 0 Å². The minimum atomic E-state index is -0.851. The quantitative estimate of drug-likeness (QED) is 0.589. The Labute approximate surface area is 155 Å². The Bertz CT molecular complexity index is 887. The van der Waals surface area contributed by atoms with Crippen LogP contribution >= 0.6 is 0 Å². The van der Waals surface area contributed by atoms with Gasteiger partial charge in [-0.3, -0.25) is 4.79 Å². The Morgan fingerprint density at radius 1 is 1.11 bits per heavy atom. The largest absolute Gasteiger partial charge is 0.494 e. The number of ether oxygens (including phenoxy) is 3. The Morgan fingerprint density at radius 2 is 1.81 bits per heavy atom. The second-order valence-electron chi connectivity index (χ2n) is 5.69. The van der Waals surface area contributed by atoms with Crippen LogP contribution in [-0.4, -0.2) is 43.0 Å². The first kappa shape index (κ1) is 20.2. The zero-order valence-corrected chi connectivity index (χ0v) is 15.5. The van der Waals surface area contributed by atoms with Gasteiger partial charge in [-0.15, -0.1) is 0 Å². The summed E-state index contributed by atoms with van der Waals surface area (Å²) in [6.07, 6.45) is 0. The fraction of sp³-hybridized carbons (Fsp3) is 0.316. The van der Waals surface area contributed by atoms with E-state index in [2.05, 4.69) is 4.98 Å². The Morgan fingerprint density at radius 3 is 2.41 bits per heavy atom. The minimum Gasteiger partial charge on any atom is -0.494 e. The molecule has 0 spiro atoms. The number of H-pyrrole nitrogens is 1. The molecule has 1 heterocycles. The third-order valence-electron chi connectivity index (χ3n) is 3.92. The van der Waals surface area contributed by atoms with Gasteiger partial charge in [0.2, 0.25) is 5.78 Å². The summed E-state index contributed by atoms with van der Waals surface area (Å²) in [7, 11) is 1.31. The summed E-state index contributed by atoms with van der Waals surface area (Å²) in [5.41, 5.74) is 1.29. The van der Waals surface area contributed by atoms with Gasteiger partial charge in [0.05, 0.1) is 30.5 Å². The van der Waals surface area contributed by atoms with Gasteiger partial charge in [0, 0.05) is 5.69 Å². The molecule has 0 unspecified atom stereocenters. The molecule has 0 bridgehead atoms. The van der Waals surface area contributed by atoms with E-state index in [0.717, 1.165) is 6.07 Å². The Hall–Kier alpha value is -3.16. The summed E-state index contributed by atoms with van der Waals surface area (Å²) in [6.45, 7) is 4.58. The highest BCUT2D eigenvalue weighted by atomic mass is 19.1. The van der Waals surface area contributed by atoms with Gasteiger partial charge in [-0.1, -0.05) is 0 Å². The molecule has 0 radical (unpaired) electrons. The van der Waals surface area contributed by atoms with Gasteiger partial charge in [0.1, 0.15) is 0 Å². The van der Waals surface area contributed by atoms with Crippen molar-refractivity contribution < 1.29 is 33.0 Å². The highest BCUT2D eigenvalue weighted by molar-refractivity contribution is 6.03. The molecule has 27 heavy (non-hydrogen) atoms. The smallest absolute Gasteiger partial charge is 0.340 e. The molecule has 1 N–H and O–H groups in total. The van der Waals surface area contributed by atoms with Crippen LogP contribution in [0.4, 0.5) is 4.39 Å². The van der Waals surface area contributed by atoms with Gasteiger partial charge in [0.25, 0.3) is 0 Å². The number of aromatic nitrogens is 1. The average molecular weight is 377 g/mol. The monoisotopic (exact) mass is 377 g/mol. The van der Waals surface area contributed by atoms with Crippen LogP contribution in [0, 0.1) is 19.7 Å². The molecule has 0 saturated carbocycles. The van der Waals surface area contributed by atoms with Crippen molar-refractivity contribution in [1.82, 2.24) is 4.98 Å². The van der Waals surface area contributed by atoms with Crippen molar-refractivity contribution >= 4 is 17.7 Å². The number of aromatic amines is 1. The molecule has 0 fully saturated rings. The summed E-state index contributed by atoms with van der Waals surface area (Å²) in [6, 6.07) is 3.59. The van der Waals surface area contributed by atoms with E-state index < -0.39 is 30.1 Å². The highest BCUT2D eigenvalue weighted by Crippen LogP contribution is 2.21. The minimum absolute atomic E-state index is 0.00777. The van der Waals surface area contributed by atoms with E-state index in [-0.39, 0.29) is 29.2 Å². The van der Waals surface area contributed by atoms with E-state index in [1.54, 1.807) is 20.8 Å². The molecule has 2 rings (SSSR count). The molecule has 8 heteroatoms. The molecular formula is C19H20FNO6. The molecule has 0 amide bonds. The van der Waals surface area contributed by atoms with E-state index in [9.17, 15) is 18.8 Å². The molecule has 2 aromatic rings. The second kappa shape index (κ2) is 8.48. The van der Waals surface area contributed by atoms with E-state index in [4.69, 9.17) is 14.2 Å². The molecule has 1 aromatic heterocycles. The number of carbonyl (C=O) groups is 3. The first-order valence-electron chi connectivity index (χ1n) is 8.20. The van der Waals surface area contributed by atoms with Gasteiger partial charge in [0.15, 0.2) is 18.2 Å². The van der Waals surface area contributed by atoms with Crippen molar-refractivity contribution in [2.45, 2.75) is 20.8 Å². The SMILES string of the molecule is CCOC(=O)c1c(C)[nH]c(C(=O)COC(=O)c2ccc(OC)c(F)c2)c1C. The predicted octanol–water partition coefficient (Wildman–Crippen LogP) is 3.00. The third-order valence-corrected chi connectivity index (χ3v) is 3.92. The summed E-state index contributed by atoms with van der Waals surface area (Å²) in [5, 5.41) is 0. The number of halogens is 1. The van der Waals surface area contributed by atoms with E-state index in [0.29, 0.717) is 11.3 Å². The maximum absolute atomic E-state index is 13.7. The standard InChI is InChI=1S/C19H20FNO6/c1-5-26-19(24)16-10(2)17(21-11(16)3)14(22)9-27-18(23)12-6-7-15(25-4)13(20)8-12/h6-8,21H,5,9H2,1-4H3. The molecule has 7 nitrogen and oxygen atoms in total. The number of methoxy groups -OCH3 is 1. The number of ketones is 1. The molecule has 0 aliphatic rings. The maximum Gasteiger partial charge on any atom is 0.340 e. The molecule has 1 aromatic carbocycles. The van der Waals surface area contributed by atoms with Crippen LogP contribution in [0.2, 0.25) is 0 Å².